The number of hydrogen-bond donors (Lipinski definition) is 2. The maximum absolute atomic E-state index is 8.68. The summed E-state index contributed by atoms with van der Waals surface area (Å²) in [6, 6.07) is 5.61. The number of aromatic nitrogens is 2. The summed E-state index contributed by atoms with van der Waals surface area (Å²) in [5.41, 5.74) is 8.15. The molecule has 0 amide bonds. The first-order valence-electron chi connectivity index (χ1n) is 6.28. The fourth-order valence-corrected chi connectivity index (χ4v) is 2.43. The van der Waals surface area contributed by atoms with Crippen LogP contribution in [0.4, 0.5) is 0 Å². The molecule has 3 N–H and O–H groups in total. The highest BCUT2D eigenvalue weighted by Gasteiger charge is 2.17. The van der Waals surface area contributed by atoms with E-state index < -0.39 is 0 Å². The van der Waals surface area contributed by atoms with Gasteiger partial charge in [-0.05, 0) is 24.6 Å². The number of benzene rings is 1. The molecular weight excluding hydrogens is 244 g/mol. The minimum Gasteiger partial charge on any atom is -0.409 e. The number of oxime groups is 1. The molecule has 0 aliphatic carbocycles. The van der Waals surface area contributed by atoms with Crippen molar-refractivity contribution in [2.45, 2.75) is 13.0 Å². The Morgan fingerprint density at radius 3 is 3.21 bits per heavy atom. The molecule has 0 saturated carbocycles. The molecule has 1 atom stereocenters. The number of nitrogens with two attached hydrogens (primary N) is 1. The van der Waals surface area contributed by atoms with Crippen LogP contribution in [0.1, 0.15) is 12.0 Å². The van der Waals surface area contributed by atoms with Crippen LogP contribution in [0, 0.1) is 5.92 Å². The van der Waals surface area contributed by atoms with Gasteiger partial charge in [0.05, 0.1) is 24.0 Å². The molecule has 6 heteroatoms. The van der Waals surface area contributed by atoms with Gasteiger partial charge in [-0.3, -0.25) is 0 Å². The van der Waals surface area contributed by atoms with Gasteiger partial charge in [0, 0.05) is 24.6 Å². The van der Waals surface area contributed by atoms with E-state index in [1.165, 1.54) is 0 Å². The highest BCUT2D eigenvalue weighted by molar-refractivity contribution is 5.99. The van der Waals surface area contributed by atoms with Crippen LogP contribution in [-0.2, 0) is 11.3 Å². The van der Waals surface area contributed by atoms with Crippen molar-refractivity contribution in [1.29, 1.82) is 0 Å². The first-order chi connectivity index (χ1) is 9.28. The molecule has 19 heavy (non-hydrogen) atoms. The molecule has 1 aliphatic heterocycles. The van der Waals surface area contributed by atoms with Crippen LogP contribution < -0.4 is 5.73 Å². The molecule has 1 aliphatic rings. The maximum Gasteiger partial charge on any atom is 0.170 e. The molecule has 6 nitrogen and oxygen atoms in total. The predicted octanol–water partition coefficient (Wildman–Crippen LogP) is 1.17. The number of rotatable bonds is 3. The summed E-state index contributed by atoms with van der Waals surface area (Å²) in [6.45, 7) is 2.59. The third kappa shape index (κ3) is 2.26. The molecule has 1 aromatic carbocycles. The summed E-state index contributed by atoms with van der Waals surface area (Å²) >= 11 is 0. The summed E-state index contributed by atoms with van der Waals surface area (Å²) < 4.78 is 7.52. The molecule has 1 saturated heterocycles. The van der Waals surface area contributed by atoms with Crippen LogP contribution in [0.2, 0.25) is 0 Å². The lowest BCUT2D eigenvalue weighted by Gasteiger charge is -2.09. The fraction of sp³-hybridized carbons (Fsp3) is 0.385. The van der Waals surface area contributed by atoms with Gasteiger partial charge in [-0.1, -0.05) is 5.16 Å². The summed E-state index contributed by atoms with van der Waals surface area (Å²) in [4.78, 5) is 4.37. The average molecular weight is 260 g/mol. The standard InChI is InChI=1S/C13H16N4O2/c14-13(16-18)10-1-2-12-11(5-10)15-8-17(12)6-9-3-4-19-7-9/h1-2,5,8-9,18H,3-4,6-7H2,(H2,14,16). The normalized spacial score (nSPS) is 20.2. The third-order valence-corrected chi connectivity index (χ3v) is 3.50. The van der Waals surface area contributed by atoms with E-state index in [4.69, 9.17) is 15.7 Å². The van der Waals surface area contributed by atoms with Crippen LogP contribution in [0.15, 0.2) is 29.7 Å². The largest absolute Gasteiger partial charge is 0.409 e. The number of ether oxygens (including phenoxy) is 1. The van der Waals surface area contributed by atoms with E-state index in [1.54, 1.807) is 0 Å². The Morgan fingerprint density at radius 2 is 2.47 bits per heavy atom. The zero-order chi connectivity index (χ0) is 13.2. The van der Waals surface area contributed by atoms with Gasteiger partial charge in [0.1, 0.15) is 0 Å². The molecule has 100 valence electrons. The summed E-state index contributed by atoms with van der Waals surface area (Å²) in [5.74, 6) is 0.654. The first-order valence-corrected chi connectivity index (χ1v) is 6.28. The fourth-order valence-electron chi connectivity index (χ4n) is 2.43. The second-order valence-corrected chi connectivity index (χ2v) is 4.82. The van der Waals surface area contributed by atoms with Crippen LogP contribution in [0.3, 0.4) is 0 Å². The molecule has 2 aromatic rings. The van der Waals surface area contributed by atoms with E-state index in [9.17, 15) is 0 Å². The van der Waals surface area contributed by atoms with Crippen LogP contribution in [-0.4, -0.2) is 33.8 Å². The van der Waals surface area contributed by atoms with Gasteiger partial charge < -0.3 is 20.2 Å². The van der Waals surface area contributed by atoms with E-state index in [0.717, 1.165) is 37.2 Å². The lowest BCUT2D eigenvalue weighted by Crippen LogP contribution is -2.13. The zero-order valence-corrected chi connectivity index (χ0v) is 10.5. The van der Waals surface area contributed by atoms with E-state index in [1.807, 2.05) is 24.5 Å². The lowest BCUT2D eigenvalue weighted by atomic mass is 10.1. The molecule has 1 unspecified atom stereocenters. The second kappa shape index (κ2) is 4.89. The molecule has 2 heterocycles. The van der Waals surface area contributed by atoms with Crippen molar-refractivity contribution in [3.63, 3.8) is 0 Å². The second-order valence-electron chi connectivity index (χ2n) is 4.82. The van der Waals surface area contributed by atoms with Gasteiger partial charge >= 0.3 is 0 Å². The van der Waals surface area contributed by atoms with Crippen molar-refractivity contribution in [3.05, 3.63) is 30.1 Å². The molecule has 0 bridgehead atoms. The quantitative estimate of drug-likeness (QED) is 0.375. The van der Waals surface area contributed by atoms with E-state index >= 15 is 0 Å². The van der Waals surface area contributed by atoms with Crippen molar-refractivity contribution in [2.24, 2.45) is 16.8 Å². The Balaban J connectivity index is 1.90. The highest BCUT2D eigenvalue weighted by atomic mass is 16.5. The van der Waals surface area contributed by atoms with Crippen LogP contribution in [0.25, 0.3) is 11.0 Å². The van der Waals surface area contributed by atoms with Gasteiger partial charge in [0.15, 0.2) is 5.84 Å². The molecule has 0 spiro atoms. The van der Waals surface area contributed by atoms with Crippen LogP contribution >= 0.6 is 0 Å². The molecular formula is C13H16N4O2. The van der Waals surface area contributed by atoms with Gasteiger partial charge in [0.2, 0.25) is 0 Å². The Hall–Kier alpha value is -2.08. The van der Waals surface area contributed by atoms with Gasteiger partial charge in [-0.2, -0.15) is 0 Å². The summed E-state index contributed by atoms with van der Waals surface area (Å²) in [5, 5.41) is 11.7. The van der Waals surface area contributed by atoms with Gasteiger partial charge in [-0.25, -0.2) is 4.98 Å². The predicted molar refractivity (Wildman–Crippen MR) is 71.2 cm³/mol. The van der Waals surface area contributed by atoms with E-state index in [0.29, 0.717) is 11.5 Å². The lowest BCUT2D eigenvalue weighted by molar-refractivity contribution is 0.182. The number of imidazole rings is 1. The Bertz CT molecular complexity index is 614. The Morgan fingerprint density at radius 1 is 1.58 bits per heavy atom. The molecule has 3 rings (SSSR count). The smallest absolute Gasteiger partial charge is 0.170 e. The number of amidine groups is 1. The highest BCUT2D eigenvalue weighted by Crippen LogP contribution is 2.20. The average Bonchev–Trinajstić information content (AvgIpc) is 3.08. The summed E-state index contributed by atoms with van der Waals surface area (Å²) in [7, 11) is 0. The van der Waals surface area contributed by atoms with Crippen LogP contribution in [0.5, 0.6) is 0 Å². The van der Waals surface area contributed by atoms with Crippen molar-refractivity contribution < 1.29 is 9.94 Å². The van der Waals surface area contributed by atoms with E-state index in [2.05, 4.69) is 14.7 Å². The molecule has 1 aromatic heterocycles. The van der Waals surface area contributed by atoms with Crippen molar-refractivity contribution in [2.75, 3.05) is 13.2 Å². The monoisotopic (exact) mass is 260 g/mol. The summed E-state index contributed by atoms with van der Waals surface area (Å²) in [6.07, 6.45) is 2.93. The minimum absolute atomic E-state index is 0.0978. The number of nitrogens with zero attached hydrogens (tertiary/aromatic N) is 3. The Labute approximate surface area is 110 Å². The first kappa shape index (κ1) is 12.0. The van der Waals surface area contributed by atoms with Crippen molar-refractivity contribution in [3.8, 4) is 0 Å². The van der Waals surface area contributed by atoms with Gasteiger partial charge in [0.25, 0.3) is 0 Å². The molecule has 0 radical (unpaired) electrons. The number of fused-ring (bicyclic) bond motifs is 1. The number of hydrogen-bond acceptors (Lipinski definition) is 4. The maximum atomic E-state index is 8.68. The topological polar surface area (TPSA) is 85.7 Å². The van der Waals surface area contributed by atoms with E-state index in [-0.39, 0.29) is 5.84 Å². The van der Waals surface area contributed by atoms with Crippen molar-refractivity contribution in [1.82, 2.24) is 9.55 Å². The zero-order valence-electron chi connectivity index (χ0n) is 10.5. The van der Waals surface area contributed by atoms with Crippen molar-refractivity contribution >= 4 is 16.9 Å². The third-order valence-electron chi connectivity index (χ3n) is 3.50. The minimum atomic E-state index is 0.0978. The Kier molecular flexibility index (Phi) is 3.08. The van der Waals surface area contributed by atoms with Gasteiger partial charge in [-0.15, -0.1) is 0 Å². The molecule has 1 fully saturated rings. The SMILES string of the molecule is NC(=NO)c1ccc2c(c1)ncn2CC1CCOC1.